The highest BCUT2D eigenvalue weighted by atomic mass is 14.7. The van der Waals surface area contributed by atoms with Crippen molar-refractivity contribution in [1.82, 2.24) is 4.98 Å². The quantitative estimate of drug-likeness (QED) is 0.218. The van der Waals surface area contributed by atoms with Crippen LogP contribution in [0.4, 0.5) is 0 Å². The highest BCUT2D eigenvalue weighted by Gasteiger charge is 2.52. The van der Waals surface area contributed by atoms with Crippen LogP contribution in [0.2, 0.25) is 0 Å². The number of hydrogen-bond donors (Lipinski definition) is 1. The van der Waals surface area contributed by atoms with Crippen LogP contribution in [0.3, 0.4) is 0 Å². The first-order valence-corrected chi connectivity index (χ1v) is 14.0. The Hall–Kier alpha value is -4.32. The van der Waals surface area contributed by atoms with Gasteiger partial charge in [0.2, 0.25) is 0 Å². The second-order valence-corrected chi connectivity index (χ2v) is 10.1. The Morgan fingerprint density at radius 2 is 1.68 bits per heavy atom. The van der Waals surface area contributed by atoms with Crippen LogP contribution < -0.4 is 0 Å². The number of aromatic nitrogens is 1. The van der Waals surface area contributed by atoms with Crippen LogP contribution in [0.15, 0.2) is 168 Å². The summed E-state index contributed by atoms with van der Waals surface area (Å²) in [5.41, 5.74) is 14.2. The zero-order chi connectivity index (χ0) is 29.1. The minimum atomic E-state index is -0.123. The summed E-state index contributed by atoms with van der Waals surface area (Å²) in [6, 6.07) is 4.28. The molecule has 1 fully saturated rings. The zero-order valence-corrected chi connectivity index (χ0v) is 24.8. The number of rotatable bonds is 11. The fraction of sp³-hybridized carbons (Fsp3) is 0.205. The number of allylic oxidation sites excluding steroid dienone is 22. The number of H-pyrrole nitrogens is 1. The molecule has 1 aromatic heterocycles. The van der Waals surface area contributed by atoms with E-state index >= 15 is 0 Å². The maximum absolute atomic E-state index is 4.16. The van der Waals surface area contributed by atoms with Gasteiger partial charge in [0.1, 0.15) is 0 Å². The van der Waals surface area contributed by atoms with Crippen LogP contribution in [-0.2, 0) is 0 Å². The molecule has 1 N–H and O–H groups in total. The molecule has 0 bridgehead atoms. The molecule has 2 unspecified atom stereocenters. The molecule has 0 saturated heterocycles. The molecule has 1 nitrogen and oxygen atoms in total. The lowest BCUT2D eigenvalue weighted by Crippen LogP contribution is -2.36. The molecule has 2 aliphatic rings. The Labute approximate surface area is 242 Å². The van der Waals surface area contributed by atoms with E-state index in [-0.39, 0.29) is 11.3 Å². The first-order valence-electron chi connectivity index (χ1n) is 14.0. The monoisotopic (exact) mass is 525 g/mol. The van der Waals surface area contributed by atoms with E-state index in [4.69, 9.17) is 0 Å². The van der Waals surface area contributed by atoms with Crippen LogP contribution >= 0.6 is 0 Å². The van der Waals surface area contributed by atoms with Gasteiger partial charge in [-0.1, -0.05) is 117 Å². The summed E-state index contributed by atoms with van der Waals surface area (Å²) < 4.78 is 0. The molecule has 2 atom stereocenters. The van der Waals surface area contributed by atoms with Crippen LogP contribution in [0, 0.1) is 5.41 Å². The smallest absolute Gasteiger partial charge is 0.0426 e. The highest BCUT2D eigenvalue weighted by Crippen LogP contribution is 2.64. The van der Waals surface area contributed by atoms with Crippen molar-refractivity contribution in [3.8, 4) is 0 Å². The van der Waals surface area contributed by atoms with Crippen LogP contribution in [0.25, 0.3) is 6.08 Å². The predicted octanol–water partition coefficient (Wildman–Crippen LogP) is 10.9. The van der Waals surface area contributed by atoms with Gasteiger partial charge in [-0.3, -0.25) is 0 Å². The van der Waals surface area contributed by atoms with E-state index in [9.17, 15) is 0 Å². The average molecular weight is 526 g/mol. The van der Waals surface area contributed by atoms with Crippen LogP contribution in [0.1, 0.15) is 58.3 Å². The number of nitrogens with one attached hydrogen (secondary N) is 1. The standard InChI is InChI=1S/C39H43N/c1-9-14-16-17-19-23-34-25-27-38(40-34)29(6)32(13-5)24-26-37-33(22-18-15-10-2)28-39(37)30(7)35(20-11-3)36(21-12-4)31(39)8/h9-10,12-27,29,40H,2-3,5,28H2,1,4,6-8H3/b14-9-,17-16-,18-15-,21-12-,23-19+,32-24+,33-22+,37-26+. The van der Waals surface area contributed by atoms with Crippen molar-refractivity contribution in [2.75, 3.05) is 0 Å². The van der Waals surface area contributed by atoms with Crippen molar-refractivity contribution in [3.05, 3.63) is 179 Å². The minimum absolute atomic E-state index is 0.123. The fourth-order valence-electron chi connectivity index (χ4n) is 5.70. The van der Waals surface area contributed by atoms with Crippen molar-refractivity contribution < 1.29 is 0 Å². The summed E-state index contributed by atoms with van der Waals surface area (Å²) in [7, 11) is 0. The van der Waals surface area contributed by atoms with Crippen molar-refractivity contribution in [2.24, 2.45) is 5.41 Å². The van der Waals surface area contributed by atoms with Gasteiger partial charge in [0, 0.05) is 22.7 Å². The molecule has 1 aromatic rings. The van der Waals surface area contributed by atoms with Gasteiger partial charge in [-0.05, 0) is 91.8 Å². The molecule has 0 radical (unpaired) electrons. The minimum Gasteiger partial charge on any atom is -0.358 e. The van der Waals surface area contributed by atoms with Gasteiger partial charge >= 0.3 is 0 Å². The summed E-state index contributed by atoms with van der Waals surface area (Å²) in [5.74, 6) is 0.175. The normalized spacial score (nSPS) is 22.8. The van der Waals surface area contributed by atoms with Crippen LogP contribution in [-0.4, -0.2) is 4.98 Å². The zero-order valence-electron chi connectivity index (χ0n) is 24.8. The van der Waals surface area contributed by atoms with E-state index in [0.717, 1.165) is 17.8 Å². The molecule has 1 heterocycles. The highest BCUT2D eigenvalue weighted by molar-refractivity contribution is 5.72. The van der Waals surface area contributed by atoms with Gasteiger partial charge in [-0.15, -0.1) is 5.73 Å². The Bertz CT molecular complexity index is 1480. The molecular weight excluding hydrogens is 482 g/mol. The van der Waals surface area contributed by atoms with Crippen molar-refractivity contribution in [3.63, 3.8) is 0 Å². The van der Waals surface area contributed by atoms with E-state index in [1.165, 1.54) is 39.0 Å². The number of hydrogen-bond acceptors (Lipinski definition) is 0. The molecule has 1 saturated carbocycles. The van der Waals surface area contributed by atoms with E-state index in [1.54, 1.807) is 0 Å². The Morgan fingerprint density at radius 1 is 0.925 bits per heavy atom. The second kappa shape index (κ2) is 14.2. The topological polar surface area (TPSA) is 15.8 Å². The molecule has 0 aromatic carbocycles. The van der Waals surface area contributed by atoms with E-state index in [0.29, 0.717) is 0 Å². The van der Waals surface area contributed by atoms with E-state index in [1.807, 2.05) is 61.6 Å². The molecule has 0 amide bonds. The summed E-state index contributed by atoms with van der Waals surface area (Å²) in [4.78, 5) is 3.56. The molecule has 1 spiro atoms. The van der Waals surface area contributed by atoms with Gasteiger partial charge in [-0.25, -0.2) is 0 Å². The molecule has 1 heteroatoms. The van der Waals surface area contributed by atoms with E-state index < -0.39 is 0 Å². The van der Waals surface area contributed by atoms with Gasteiger partial charge < -0.3 is 4.98 Å². The summed E-state index contributed by atoms with van der Waals surface area (Å²) in [6.07, 6.45) is 34.2. The summed E-state index contributed by atoms with van der Waals surface area (Å²) in [6.45, 7) is 22.7. The third-order valence-corrected chi connectivity index (χ3v) is 7.94. The van der Waals surface area contributed by atoms with Gasteiger partial charge in [0.15, 0.2) is 0 Å². The fourth-order valence-corrected chi connectivity index (χ4v) is 5.70. The lowest BCUT2D eigenvalue weighted by molar-refractivity contribution is 0.447. The third kappa shape index (κ3) is 6.12. The Kier molecular flexibility index (Phi) is 10.7. The Balaban J connectivity index is 2.04. The molecule has 2 aliphatic carbocycles. The van der Waals surface area contributed by atoms with Gasteiger partial charge in [-0.2, -0.15) is 0 Å². The number of aromatic amines is 1. The first kappa shape index (κ1) is 30.2. The molecule has 40 heavy (non-hydrogen) atoms. The maximum Gasteiger partial charge on any atom is 0.0426 e. The van der Waals surface area contributed by atoms with Gasteiger partial charge in [0.25, 0.3) is 0 Å². The summed E-state index contributed by atoms with van der Waals surface area (Å²) >= 11 is 0. The maximum atomic E-state index is 4.16. The SMILES string of the molecule is C=C=CC1=C(C)C2(CC(=C\C=C/C=C)/C2=C\C=C(/C=C)C(C)c2ccc(/C=C/C=C\C=C/C)[nH]2)C(C)=C1/C=C\C. The van der Waals surface area contributed by atoms with Gasteiger partial charge in [0.05, 0.1) is 0 Å². The first-order chi connectivity index (χ1) is 19.4. The Morgan fingerprint density at radius 3 is 2.35 bits per heavy atom. The molecule has 3 rings (SSSR count). The van der Waals surface area contributed by atoms with Crippen molar-refractivity contribution in [2.45, 2.75) is 47.0 Å². The van der Waals surface area contributed by atoms with Crippen molar-refractivity contribution in [1.29, 1.82) is 0 Å². The third-order valence-electron chi connectivity index (χ3n) is 7.94. The predicted molar refractivity (Wildman–Crippen MR) is 177 cm³/mol. The van der Waals surface area contributed by atoms with E-state index in [2.05, 4.69) is 113 Å². The second-order valence-electron chi connectivity index (χ2n) is 10.1. The van der Waals surface area contributed by atoms with Crippen molar-refractivity contribution >= 4 is 6.08 Å². The largest absolute Gasteiger partial charge is 0.358 e. The van der Waals surface area contributed by atoms with Crippen LogP contribution in [0.5, 0.6) is 0 Å². The molecule has 0 aliphatic heterocycles. The lowest BCUT2D eigenvalue weighted by atomic mass is 9.55. The average Bonchev–Trinajstić information content (AvgIpc) is 3.49. The summed E-state index contributed by atoms with van der Waals surface area (Å²) in [5, 5.41) is 0. The molecular formula is C39H43N. The lowest BCUT2D eigenvalue weighted by Gasteiger charge is -2.47. The molecule has 204 valence electrons.